The van der Waals surface area contributed by atoms with Gasteiger partial charge in [-0.05, 0) is 24.6 Å². The molecule has 2 heterocycles. The van der Waals surface area contributed by atoms with Crippen LogP contribution in [0.5, 0.6) is 5.75 Å². The first kappa shape index (κ1) is 18.5. The average Bonchev–Trinajstić information content (AvgIpc) is 2.92. The predicted octanol–water partition coefficient (Wildman–Crippen LogP) is 1.08. The number of thioether (sulfide) groups is 1. The number of methoxy groups -OCH3 is 1. The lowest BCUT2D eigenvalue weighted by atomic mass is 10.2. The largest absolute Gasteiger partial charge is 0.497 e. The molecule has 0 saturated carbocycles. The number of ether oxygens (including phenoxy) is 2. The second kappa shape index (κ2) is 8.89. The van der Waals surface area contributed by atoms with Gasteiger partial charge < -0.3 is 19.5 Å². The minimum absolute atomic E-state index is 0.0706. The third kappa shape index (κ3) is 4.88. The summed E-state index contributed by atoms with van der Waals surface area (Å²) in [6, 6.07) is 7.84. The molecule has 25 heavy (non-hydrogen) atoms. The van der Waals surface area contributed by atoms with Gasteiger partial charge in [-0.15, -0.1) is 11.8 Å². The summed E-state index contributed by atoms with van der Waals surface area (Å²) < 4.78 is 10.6. The molecule has 0 radical (unpaired) electrons. The quantitative estimate of drug-likeness (QED) is 0.787. The number of hydrogen-bond acceptors (Lipinski definition) is 6. The summed E-state index contributed by atoms with van der Waals surface area (Å²) in [7, 11) is 1.64. The number of aliphatic hydroxyl groups excluding tert-OH is 1. The third-order valence-corrected chi connectivity index (χ3v) is 5.76. The van der Waals surface area contributed by atoms with Crippen molar-refractivity contribution in [1.82, 2.24) is 9.80 Å². The van der Waals surface area contributed by atoms with Gasteiger partial charge >= 0.3 is 0 Å². The third-order valence-electron chi connectivity index (χ3n) is 4.78. The molecule has 2 atom stereocenters. The Balaban J connectivity index is 1.49. The SMILES string of the molecule is COc1cccc(SCC(=O)N2CCCN([C@H]3COC[C@@H]3O)CC2)c1. The Bertz CT molecular complexity index is 586. The number of aliphatic hydroxyl groups is 1. The van der Waals surface area contributed by atoms with Gasteiger partial charge in [0.2, 0.25) is 5.91 Å². The van der Waals surface area contributed by atoms with Gasteiger partial charge in [-0.2, -0.15) is 0 Å². The van der Waals surface area contributed by atoms with Crippen LogP contribution in [0.3, 0.4) is 0 Å². The normalized spacial score (nSPS) is 25.0. The van der Waals surface area contributed by atoms with E-state index in [9.17, 15) is 9.90 Å². The summed E-state index contributed by atoms with van der Waals surface area (Å²) in [5.41, 5.74) is 0. The van der Waals surface area contributed by atoms with E-state index in [1.54, 1.807) is 18.9 Å². The highest BCUT2D eigenvalue weighted by Gasteiger charge is 2.33. The van der Waals surface area contributed by atoms with Gasteiger partial charge in [-0.25, -0.2) is 0 Å². The Morgan fingerprint density at radius 2 is 2.20 bits per heavy atom. The monoisotopic (exact) mass is 366 g/mol. The number of hydrogen-bond donors (Lipinski definition) is 1. The van der Waals surface area contributed by atoms with Crippen molar-refractivity contribution >= 4 is 17.7 Å². The first-order valence-corrected chi connectivity index (χ1v) is 9.70. The summed E-state index contributed by atoms with van der Waals surface area (Å²) in [5.74, 6) is 1.40. The van der Waals surface area contributed by atoms with Crippen molar-refractivity contribution in [2.45, 2.75) is 23.5 Å². The van der Waals surface area contributed by atoms with Crippen molar-refractivity contribution in [1.29, 1.82) is 0 Å². The van der Waals surface area contributed by atoms with Crippen LogP contribution in [0.25, 0.3) is 0 Å². The summed E-state index contributed by atoms with van der Waals surface area (Å²) in [6.45, 7) is 4.18. The molecule has 1 aromatic rings. The van der Waals surface area contributed by atoms with Crippen molar-refractivity contribution in [3.05, 3.63) is 24.3 Å². The number of rotatable bonds is 5. The zero-order valence-electron chi connectivity index (χ0n) is 14.6. The van der Waals surface area contributed by atoms with Crippen molar-refractivity contribution in [3.63, 3.8) is 0 Å². The van der Waals surface area contributed by atoms with Gasteiger partial charge in [0.05, 0.1) is 38.2 Å². The molecule has 2 aliphatic rings. The summed E-state index contributed by atoms with van der Waals surface area (Å²) in [6.07, 6.45) is 0.518. The lowest BCUT2D eigenvalue weighted by Gasteiger charge is -2.28. The van der Waals surface area contributed by atoms with Crippen molar-refractivity contribution in [3.8, 4) is 5.75 Å². The van der Waals surface area contributed by atoms with Crippen LogP contribution in [-0.2, 0) is 9.53 Å². The van der Waals surface area contributed by atoms with Gasteiger partial charge in [0, 0.05) is 31.1 Å². The molecule has 1 N–H and O–H groups in total. The standard InChI is InChI=1S/C18H26N2O4S/c1-23-14-4-2-5-15(10-14)25-13-18(22)20-7-3-6-19(8-9-20)16-11-24-12-17(16)21/h2,4-5,10,16-17,21H,3,6-9,11-13H2,1H3/t16-,17-/m0/s1. The molecule has 6 nitrogen and oxygen atoms in total. The summed E-state index contributed by atoms with van der Waals surface area (Å²) in [5, 5.41) is 10.0. The zero-order valence-corrected chi connectivity index (χ0v) is 15.4. The number of amides is 1. The smallest absolute Gasteiger partial charge is 0.232 e. The van der Waals surface area contributed by atoms with E-state index >= 15 is 0 Å². The van der Waals surface area contributed by atoms with Crippen LogP contribution in [-0.4, -0.2) is 85.2 Å². The minimum Gasteiger partial charge on any atom is -0.497 e. The van der Waals surface area contributed by atoms with Crippen molar-refractivity contribution < 1.29 is 19.4 Å². The second-order valence-corrected chi connectivity index (χ2v) is 7.46. The fraction of sp³-hybridized carbons (Fsp3) is 0.611. The number of carbonyl (C=O) groups is 1. The molecule has 7 heteroatoms. The van der Waals surface area contributed by atoms with Gasteiger partial charge in [-0.1, -0.05) is 6.07 Å². The molecule has 0 spiro atoms. The van der Waals surface area contributed by atoms with E-state index < -0.39 is 6.10 Å². The van der Waals surface area contributed by atoms with Crippen LogP contribution in [0.2, 0.25) is 0 Å². The lowest BCUT2D eigenvalue weighted by molar-refractivity contribution is -0.128. The first-order chi connectivity index (χ1) is 12.2. The maximum atomic E-state index is 12.6. The highest BCUT2D eigenvalue weighted by molar-refractivity contribution is 8.00. The highest BCUT2D eigenvalue weighted by atomic mass is 32.2. The molecule has 0 aliphatic carbocycles. The Morgan fingerprint density at radius 1 is 1.32 bits per heavy atom. The molecule has 2 aliphatic heterocycles. The molecule has 0 aromatic heterocycles. The Labute approximate surface area is 153 Å². The van der Waals surface area contributed by atoms with E-state index in [-0.39, 0.29) is 11.9 Å². The molecule has 0 bridgehead atoms. The van der Waals surface area contributed by atoms with E-state index in [1.807, 2.05) is 29.2 Å². The van der Waals surface area contributed by atoms with E-state index in [4.69, 9.17) is 9.47 Å². The molecule has 0 unspecified atom stereocenters. The first-order valence-electron chi connectivity index (χ1n) is 8.72. The summed E-state index contributed by atoms with van der Waals surface area (Å²) >= 11 is 1.54. The van der Waals surface area contributed by atoms with E-state index in [0.29, 0.717) is 25.5 Å². The Morgan fingerprint density at radius 3 is 2.96 bits per heavy atom. The van der Waals surface area contributed by atoms with E-state index in [0.717, 1.165) is 36.7 Å². The molecular formula is C18H26N2O4S. The van der Waals surface area contributed by atoms with Crippen molar-refractivity contribution in [2.24, 2.45) is 0 Å². The van der Waals surface area contributed by atoms with Gasteiger partial charge in [0.25, 0.3) is 0 Å². The van der Waals surface area contributed by atoms with Gasteiger partial charge in [-0.3, -0.25) is 9.69 Å². The van der Waals surface area contributed by atoms with Crippen LogP contribution in [0.1, 0.15) is 6.42 Å². The molecular weight excluding hydrogens is 340 g/mol. The number of nitrogens with zero attached hydrogens (tertiary/aromatic N) is 2. The number of benzene rings is 1. The predicted molar refractivity (Wildman–Crippen MR) is 97.1 cm³/mol. The molecule has 3 rings (SSSR count). The maximum absolute atomic E-state index is 12.6. The Hall–Kier alpha value is -1.28. The molecule has 1 amide bonds. The fourth-order valence-corrected chi connectivity index (χ4v) is 4.17. The average molecular weight is 366 g/mol. The molecule has 1 aromatic carbocycles. The van der Waals surface area contributed by atoms with Crippen LogP contribution in [0.4, 0.5) is 0 Å². The second-order valence-electron chi connectivity index (χ2n) is 6.41. The van der Waals surface area contributed by atoms with Gasteiger partial charge in [0.15, 0.2) is 0 Å². The maximum Gasteiger partial charge on any atom is 0.232 e. The summed E-state index contributed by atoms with van der Waals surface area (Å²) in [4.78, 5) is 17.8. The zero-order chi connectivity index (χ0) is 17.6. The fourth-order valence-electron chi connectivity index (χ4n) is 3.33. The van der Waals surface area contributed by atoms with Crippen LogP contribution in [0.15, 0.2) is 29.2 Å². The van der Waals surface area contributed by atoms with Crippen LogP contribution >= 0.6 is 11.8 Å². The van der Waals surface area contributed by atoms with E-state index in [1.165, 1.54) is 0 Å². The molecule has 138 valence electrons. The lowest BCUT2D eigenvalue weighted by Crippen LogP contribution is -2.45. The minimum atomic E-state index is -0.411. The van der Waals surface area contributed by atoms with Crippen LogP contribution in [0, 0.1) is 0 Å². The van der Waals surface area contributed by atoms with E-state index in [2.05, 4.69) is 4.90 Å². The topological polar surface area (TPSA) is 62.2 Å². The van der Waals surface area contributed by atoms with Crippen LogP contribution < -0.4 is 4.74 Å². The Kier molecular flexibility index (Phi) is 6.58. The van der Waals surface area contributed by atoms with Gasteiger partial charge in [0.1, 0.15) is 5.75 Å². The molecule has 2 saturated heterocycles. The molecule has 2 fully saturated rings. The van der Waals surface area contributed by atoms with Crippen molar-refractivity contribution in [2.75, 3.05) is 52.3 Å². The highest BCUT2D eigenvalue weighted by Crippen LogP contribution is 2.23. The number of carbonyl (C=O) groups excluding carboxylic acids is 1.